The minimum Gasteiger partial charge on any atom is -0.496 e. The highest BCUT2D eigenvalue weighted by Gasteiger charge is 2.30. The highest BCUT2D eigenvalue weighted by atomic mass is 16.5. The van der Waals surface area contributed by atoms with Crippen LogP contribution >= 0.6 is 0 Å². The predicted octanol–water partition coefficient (Wildman–Crippen LogP) is 5.31. The van der Waals surface area contributed by atoms with Crippen molar-refractivity contribution in [1.29, 1.82) is 0 Å². The fourth-order valence-corrected chi connectivity index (χ4v) is 3.72. The summed E-state index contributed by atoms with van der Waals surface area (Å²) in [5, 5.41) is 3.76. The lowest BCUT2D eigenvalue weighted by molar-refractivity contribution is 0.0879. The van der Waals surface area contributed by atoms with Gasteiger partial charge in [0, 0.05) is 22.0 Å². The third-order valence-electron chi connectivity index (χ3n) is 4.89. The van der Waals surface area contributed by atoms with Gasteiger partial charge in [0.15, 0.2) is 0 Å². The Morgan fingerprint density at radius 2 is 2.09 bits per heavy atom. The van der Waals surface area contributed by atoms with E-state index in [2.05, 4.69) is 23.0 Å². The molecule has 1 aliphatic carbocycles. The predicted molar refractivity (Wildman–Crippen MR) is 90.1 cm³/mol. The Bertz CT molecular complexity index is 656. The van der Waals surface area contributed by atoms with E-state index in [-0.39, 0.29) is 6.10 Å². The van der Waals surface area contributed by atoms with Gasteiger partial charge in [-0.25, -0.2) is 0 Å². The summed E-state index contributed by atoms with van der Waals surface area (Å²) in [6.07, 6.45) is 8.08. The number of rotatable bonds is 4. The monoisotopic (exact) mass is 313 g/mol. The highest BCUT2D eigenvalue weighted by molar-refractivity contribution is 5.67. The van der Waals surface area contributed by atoms with Crippen molar-refractivity contribution in [2.45, 2.75) is 45.1 Å². The first-order chi connectivity index (χ1) is 11.2. The van der Waals surface area contributed by atoms with E-state index in [1.807, 2.05) is 12.1 Å². The summed E-state index contributed by atoms with van der Waals surface area (Å²) < 4.78 is 11.8. The Balaban J connectivity index is 2.04. The maximum Gasteiger partial charge on any atom is 0.130 e. The van der Waals surface area contributed by atoms with Gasteiger partial charge in [-0.3, -0.25) is 0 Å². The fourth-order valence-electron chi connectivity index (χ4n) is 3.72. The van der Waals surface area contributed by atoms with E-state index in [9.17, 15) is 0 Å². The molecule has 1 heterocycles. The lowest BCUT2D eigenvalue weighted by Gasteiger charge is -2.33. The van der Waals surface area contributed by atoms with E-state index in [0.717, 1.165) is 28.2 Å². The molecule has 1 aliphatic heterocycles. The highest BCUT2D eigenvalue weighted by Crippen LogP contribution is 2.43. The molecule has 0 saturated heterocycles. The van der Waals surface area contributed by atoms with Gasteiger partial charge in [-0.05, 0) is 43.0 Å². The normalized spacial score (nSPS) is 20.8. The van der Waals surface area contributed by atoms with Crippen LogP contribution in [0.1, 0.15) is 54.9 Å². The number of ether oxygens (including phenoxy) is 2. The van der Waals surface area contributed by atoms with Crippen LogP contribution in [0, 0.1) is 12.8 Å². The first-order valence-electron chi connectivity index (χ1n) is 8.31. The third kappa shape index (κ3) is 3.15. The molecule has 0 radical (unpaired) electrons. The molecule has 0 bridgehead atoms. The molecule has 2 aliphatic rings. The first kappa shape index (κ1) is 15.8. The van der Waals surface area contributed by atoms with E-state index in [1.165, 1.54) is 32.1 Å². The Morgan fingerprint density at radius 3 is 2.78 bits per heavy atom. The van der Waals surface area contributed by atoms with E-state index in [4.69, 9.17) is 15.0 Å². The van der Waals surface area contributed by atoms with Crippen molar-refractivity contribution in [2.24, 2.45) is 11.0 Å². The molecule has 0 amide bonds. The number of hydrogen-bond donors (Lipinski definition) is 0. The number of aryl methyl sites for hydroxylation is 1. The quantitative estimate of drug-likeness (QED) is 0.429. The van der Waals surface area contributed by atoms with E-state index >= 15 is 0 Å². The summed E-state index contributed by atoms with van der Waals surface area (Å²) >= 11 is 0. The topological polar surface area (TPSA) is 67.2 Å². The lowest BCUT2D eigenvalue weighted by Crippen LogP contribution is -2.20. The van der Waals surface area contributed by atoms with Crippen LogP contribution in [0.4, 0.5) is 0 Å². The molecule has 1 fully saturated rings. The van der Waals surface area contributed by atoms with Gasteiger partial charge in [0.25, 0.3) is 0 Å². The van der Waals surface area contributed by atoms with Crippen molar-refractivity contribution in [3.05, 3.63) is 45.0 Å². The van der Waals surface area contributed by atoms with Crippen molar-refractivity contribution in [3.8, 4) is 5.75 Å². The number of azide groups is 1. The molecule has 3 rings (SSSR count). The summed E-state index contributed by atoms with van der Waals surface area (Å²) in [6, 6.07) is 4.03. The van der Waals surface area contributed by atoms with Gasteiger partial charge in [-0.2, -0.15) is 0 Å². The third-order valence-corrected chi connectivity index (χ3v) is 4.89. The largest absolute Gasteiger partial charge is 0.496 e. The lowest BCUT2D eigenvalue weighted by atomic mass is 9.84. The first-order valence-corrected chi connectivity index (χ1v) is 8.31. The molecule has 23 heavy (non-hydrogen) atoms. The van der Waals surface area contributed by atoms with Crippen LogP contribution in [0.3, 0.4) is 0 Å². The number of nitrogens with zero attached hydrogens (tertiary/aromatic N) is 3. The summed E-state index contributed by atoms with van der Waals surface area (Å²) in [4.78, 5) is 2.91. The zero-order valence-corrected chi connectivity index (χ0v) is 13.8. The van der Waals surface area contributed by atoms with E-state index in [1.54, 1.807) is 7.11 Å². The van der Waals surface area contributed by atoms with Crippen LogP contribution in [0.15, 0.2) is 23.0 Å². The molecule has 1 unspecified atom stereocenters. The molecule has 122 valence electrons. The number of fused-ring (bicyclic) bond motifs is 1. The van der Waals surface area contributed by atoms with Gasteiger partial charge in [-0.1, -0.05) is 30.4 Å². The molecule has 5 heteroatoms. The minimum absolute atomic E-state index is 0.224. The number of hydrogen-bond acceptors (Lipinski definition) is 3. The smallest absolute Gasteiger partial charge is 0.130 e. The van der Waals surface area contributed by atoms with Crippen molar-refractivity contribution in [1.82, 2.24) is 0 Å². The van der Waals surface area contributed by atoms with Gasteiger partial charge >= 0.3 is 0 Å². The van der Waals surface area contributed by atoms with Crippen LogP contribution < -0.4 is 4.74 Å². The Kier molecular flexibility index (Phi) is 4.77. The second kappa shape index (κ2) is 6.97. The molecular formula is C18H23N3O2. The second-order valence-electron chi connectivity index (χ2n) is 6.31. The average Bonchev–Trinajstić information content (AvgIpc) is 2.60. The SMILES string of the molecule is COc1ccc(C)c2c1C=C(C1CCCCC1)OC2CN=[N+]=[N-]. The van der Waals surface area contributed by atoms with Crippen molar-refractivity contribution < 1.29 is 9.47 Å². The van der Waals surface area contributed by atoms with Crippen LogP contribution in [0.2, 0.25) is 0 Å². The van der Waals surface area contributed by atoms with Gasteiger partial charge in [-0.15, -0.1) is 0 Å². The van der Waals surface area contributed by atoms with Gasteiger partial charge in [0.05, 0.1) is 13.7 Å². The number of methoxy groups -OCH3 is 1. The standard InChI is InChI=1S/C18H23N3O2/c1-12-8-9-15(22-2)14-10-16(13-6-4-3-5-7-13)23-17(18(12)14)11-20-21-19/h8-10,13,17H,3-7,11H2,1-2H3. The van der Waals surface area contributed by atoms with Gasteiger partial charge in [0.1, 0.15) is 17.6 Å². The van der Waals surface area contributed by atoms with Crippen molar-refractivity contribution in [3.63, 3.8) is 0 Å². The summed E-state index contributed by atoms with van der Waals surface area (Å²) in [5.41, 5.74) is 12.0. The van der Waals surface area contributed by atoms with Crippen LogP contribution in [-0.4, -0.2) is 13.7 Å². The fraction of sp³-hybridized carbons (Fsp3) is 0.556. The Hall–Kier alpha value is -2.13. The minimum atomic E-state index is -0.224. The summed E-state index contributed by atoms with van der Waals surface area (Å²) in [5.74, 6) is 2.35. The second-order valence-corrected chi connectivity index (χ2v) is 6.31. The molecule has 5 nitrogen and oxygen atoms in total. The number of allylic oxidation sites excluding steroid dienone is 1. The molecule has 1 aromatic carbocycles. The van der Waals surface area contributed by atoms with Gasteiger partial charge in [0.2, 0.25) is 0 Å². The van der Waals surface area contributed by atoms with E-state index in [0.29, 0.717) is 12.5 Å². The molecule has 1 atom stereocenters. The zero-order chi connectivity index (χ0) is 16.2. The molecule has 0 N–H and O–H groups in total. The summed E-state index contributed by atoms with van der Waals surface area (Å²) in [7, 11) is 1.69. The van der Waals surface area contributed by atoms with E-state index < -0.39 is 0 Å². The molecule has 0 spiro atoms. The van der Waals surface area contributed by atoms with Crippen LogP contribution in [0.25, 0.3) is 16.5 Å². The van der Waals surface area contributed by atoms with Gasteiger partial charge < -0.3 is 9.47 Å². The number of benzene rings is 1. The molecular weight excluding hydrogens is 290 g/mol. The summed E-state index contributed by atoms with van der Waals surface area (Å²) in [6.45, 7) is 2.37. The Labute approximate surface area is 136 Å². The zero-order valence-electron chi connectivity index (χ0n) is 13.8. The Morgan fingerprint density at radius 1 is 1.30 bits per heavy atom. The maximum absolute atomic E-state index is 8.69. The van der Waals surface area contributed by atoms with Crippen molar-refractivity contribution >= 4 is 6.08 Å². The van der Waals surface area contributed by atoms with Crippen molar-refractivity contribution in [2.75, 3.05) is 13.7 Å². The maximum atomic E-state index is 8.69. The molecule has 1 aromatic rings. The molecule has 1 saturated carbocycles. The van der Waals surface area contributed by atoms with Crippen LogP contribution in [0.5, 0.6) is 5.75 Å². The van der Waals surface area contributed by atoms with Crippen LogP contribution in [-0.2, 0) is 4.74 Å². The molecule has 0 aromatic heterocycles. The average molecular weight is 313 g/mol.